The van der Waals surface area contributed by atoms with Crippen LogP contribution in [0.4, 0.5) is 0 Å². The predicted molar refractivity (Wildman–Crippen MR) is 108 cm³/mol. The number of amides is 2. The van der Waals surface area contributed by atoms with Gasteiger partial charge in [-0.3, -0.25) is 14.5 Å². The van der Waals surface area contributed by atoms with Crippen molar-refractivity contribution in [3.05, 3.63) is 29.8 Å². The molecule has 0 spiro atoms. The first-order valence-electron chi connectivity index (χ1n) is 9.44. The van der Waals surface area contributed by atoms with Crippen LogP contribution < -0.4 is 4.72 Å². The fourth-order valence-electron chi connectivity index (χ4n) is 3.02. The molecule has 1 fully saturated rings. The van der Waals surface area contributed by atoms with Crippen LogP contribution in [0.2, 0.25) is 0 Å². The van der Waals surface area contributed by atoms with Gasteiger partial charge in [0.05, 0.1) is 11.4 Å². The Kier molecular flexibility index (Phi) is 7.56. The van der Waals surface area contributed by atoms with E-state index in [0.29, 0.717) is 31.7 Å². The molecule has 2 rings (SSSR count). The van der Waals surface area contributed by atoms with Gasteiger partial charge in [-0.25, -0.2) is 13.1 Å². The summed E-state index contributed by atoms with van der Waals surface area (Å²) in [7, 11) is -0.200. The van der Waals surface area contributed by atoms with Gasteiger partial charge in [0, 0.05) is 51.9 Å². The minimum atomic E-state index is -3.66. The van der Waals surface area contributed by atoms with Gasteiger partial charge in [-0.05, 0) is 38.5 Å². The Morgan fingerprint density at radius 2 is 1.86 bits per heavy atom. The van der Waals surface area contributed by atoms with Crippen LogP contribution in [0, 0.1) is 0 Å². The van der Waals surface area contributed by atoms with Crippen molar-refractivity contribution in [2.75, 3.05) is 46.8 Å². The lowest BCUT2D eigenvalue weighted by Gasteiger charge is -2.23. The maximum Gasteiger partial charge on any atom is 0.253 e. The zero-order valence-electron chi connectivity index (χ0n) is 17.0. The topological polar surface area (TPSA) is 90.0 Å². The molecule has 0 unspecified atom stereocenters. The third kappa shape index (κ3) is 6.02. The van der Waals surface area contributed by atoms with Gasteiger partial charge >= 0.3 is 0 Å². The number of nitrogens with one attached hydrogen (secondary N) is 1. The van der Waals surface area contributed by atoms with E-state index in [1.54, 1.807) is 49.9 Å². The van der Waals surface area contributed by atoms with Crippen LogP contribution in [0.25, 0.3) is 0 Å². The average Bonchev–Trinajstić information content (AvgIpc) is 2.85. The summed E-state index contributed by atoms with van der Waals surface area (Å²) in [4.78, 5) is 30.2. The molecule has 0 aromatic heterocycles. The van der Waals surface area contributed by atoms with Crippen LogP contribution in [0.5, 0.6) is 0 Å². The van der Waals surface area contributed by atoms with E-state index in [2.05, 4.69) is 4.72 Å². The molecule has 0 radical (unpaired) electrons. The first kappa shape index (κ1) is 22.3. The number of rotatable bonds is 6. The van der Waals surface area contributed by atoms with Gasteiger partial charge in [-0.1, -0.05) is 6.07 Å². The van der Waals surface area contributed by atoms with Crippen LogP contribution >= 0.6 is 0 Å². The predicted octanol–water partition coefficient (Wildman–Crippen LogP) is 0.609. The molecule has 1 aliphatic rings. The van der Waals surface area contributed by atoms with E-state index in [1.165, 1.54) is 12.1 Å². The molecular formula is C19H30N4O4S. The molecule has 0 aliphatic carbocycles. The molecule has 1 aromatic rings. The van der Waals surface area contributed by atoms with Gasteiger partial charge in [0.15, 0.2) is 0 Å². The minimum absolute atomic E-state index is 0.0373. The van der Waals surface area contributed by atoms with E-state index in [9.17, 15) is 18.0 Å². The van der Waals surface area contributed by atoms with E-state index >= 15 is 0 Å². The molecule has 8 nitrogen and oxygen atoms in total. The summed E-state index contributed by atoms with van der Waals surface area (Å²) in [5, 5.41) is 0. The Labute approximate surface area is 167 Å². The summed E-state index contributed by atoms with van der Waals surface area (Å²) in [5.41, 5.74) is 0.351. The third-order valence-electron chi connectivity index (χ3n) is 4.52. The Balaban J connectivity index is 2.08. The zero-order valence-corrected chi connectivity index (χ0v) is 17.8. The van der Waals surface area contributed by atoms with E-state index < -0.39 is 10.0 Å². The van der Waals surface area contributed by atoms with Crippen LogP contribution in [-0.4, -0.2) is 87.8 Å². The Bertz CT molecular complexity index is 808. The lowest BCUT2D eigenvalue weighted by Crippen LogP contribution is -2.39. The first-order chi connectivity index (χ1) is 13.1. The van der Waals surface area contributed by atoms with Crippen molar-refractivity contribution in [2.24, 2.45) is 0 Å². The summed E-state index contributed by atoms with van der Waals surface area (Å²) in [6.07, 6.45) is 0.763. The number of likely N-dealkylation sites (N-methyl/N-ethyl adjacent to an activating group) is 1. The summed E-state index contributed by atoms with van der Waals surface area (Å²) < 4.78 is 27.3. The standard InChI is InChI=1S/C19H30N4O4S/c1-15(2)20-28(26,27)17-8-5-7-16(13-17)19(25)23-10-6-9-22(11-12-23)14-18(24)21(3)4/h5,7-8,13,15,20H,6,9-12,14H2,1-4H3. The van der Waals surface area contributed by atoms with Gasteiger partial charge in [0.25, 0.3) is 5.91 Å². The second kappa shape index (κ2) is 9.49. The third-order valence-corrected chi connectivity index (χ3v) is 6.17. The minimum Gasteiger partial charge on any atom is -0.348 e. The molecule has 1 aliphatic heterocycles. The van der Waals surface area contributed by atoms with Crippen molar-refractivity contribution >= 4 is 21.8 Å². The highest BCUT2D eigenvalue weighted by Crippen LogP contribution is 2.15. The molecule has 9 heteroatoms. The molecule has 156 valence electrons. The van der Waals surface area contributed by atoms with Gasteiger partial charge < -0.3 is 9.80 Å². The maximum absolute atomic E-state index is 12.9. The number of nitrogens with zero attached hydrogens (tertiary/aromatic N) is 3. The highest BCUT2D eigenvalue weighted by molar-refractivity contribution is 7.89. The highest BCUT2D eigenvalue weighted by Gasteiger charge is 2.23. The molecule has 28 heavy (non-hydrogen) atoms. The number of hydrogen-bond donors (Lipinski definition) is 1. The molecule has 1 saturated heterocycles. The normalized spacial score (nSPS) is 16.1. The summed E-state index contributed by atoms with van der Waals surface area (Å²) in [6, 6.07) is 5.90. The molecule has 1 heterocycles. The summed E-state index contributed by atoms with van der Waals surface area (Å²) in [5.74, 6) is -0.155. The fraction of sp³-hybridized carbons (Fsp3) is 0.579. The highest BCUT2D eigenvalue weighted by atomic mass is 32.2. The van der Waals surface area contributed by atoms with E-state index in [4.69, 9.17) is 0 Å². The molecule has 2 amide bonds. The zero-order chi connectivity index (χ0) is 20.9. The van der Waals surface area contributed by atoms with Gasteiger partial charge in [0.1, 0.15) is 0 Å². The second-order valence-corrected chi connectivity index (χ2v) is 9.23. The van der Waals surface area contributed by atoms with Crippen molar-refractivity contribution in [2.45, 2.75) is 31.2 Å². The molecule has 0 bridgehead atoms. The van der Waals surface area contributed by atoms with Gasteiger partial charge in [0.2, 0.25) is 15.9 Å². The van der Waals surface area contributed by atoms with Gasteiger partial charge in [-0.15, -0.1) is 0 Å². The summed E-state index contributed by atoms with van der Waals surface area (Å²) >= 11 is 0. The Morgan fingerprint density at radius 3 is 2.50 bits per heavy atom. The largest absolute Gasteiger partial charge is 0.348 e. The molecule has 1 aromatic carbocycles. The average molecular weight is 411 g/mol. The summed E-state index contributed by atoms with van der Waals surface area (Å²) in [6.45, 7) is 6.26. The van der Waals surface area contributed by atoms with Crippen LogP contribution in [0.3, 0.4) is 0 Å². The van der Waals surface area contributed by atoms with Crippen LogP contribution in [0.1, 0.15) is 30.6 Å². The lowest BCUT2D eigenvalue weighted by atomic mass is 10.2. The number of hydrogen-bond acceptors (Lipinski definition) is 5. The smallest absolute Gasteiger partial charge is 0.253 e. The number of benzene rings is 1. The number of carbonyl (C=O) groups is 2. The molecule has 0 saturated carbocycles. The quantitative estimate of drug-likeness (QED) is 0.742. The van der Waals surface area contributed by atoms with Crippen molar-refractivity contribution < 1.29 is 18.0 Å². The molecular weight excluding hydrogens is 380 g/mol. The maximum atomic E-state index is 12.9. The molecule has 0 atom stereocenters. The lowest BCUT2D eigenvalue weighted by molar-refractivity contribution is -0.129. The van der Waals surface area contributed by atoms with Crippen molar-refractivity contribution in [3.63, 3.8) is 0 Å². The van der Waals surface area contributed by atoms with Crippen molar-refractivity contribution in [1.29, 1.82) is 0 Å². The Hall–Kier alpha value is -1.97. The number of carbonyl (C=O) groups excluding carboxylic acids is 2. The van der Waals surface area contributed by atoms with E-state index in [1.807, 2.05) is 4.90 Å². The Morgan fingerprint density at radius 1 is 1.14 bits per heavy atom. The number of sulfonamides is 1. The SMILES string of the molecule is CC(C)NS(=O)(=O)c1cccc(C(=O)N2CCCN(CC(=O)N(C)C)CC2)c1. The second-order valence-electron chi connectivity index (χ2n) is 7.51. The van der Waals surface area contributed by atoms with E-state index in [-0.39, 0.29) is 22.8 Å². The molecule has 1 N–H and O–H groups in total. The fourth-order valence-corrected chi connectivity index (χ4v) is 4.32. The van der Waals surface area contributed by atoms with E-state index in [0.717, 1.165) is 13.0 Å². The van der Waals surface area contributed by atoms with Gasteiger partial charge in [-0.2, -0.15) is 0 Å². The first-order valence-corrected chi connectivity index (χ1v) is 10.9. The van der Waals surface area contributed by atoms with Crippen LogP contribution in [-0.2, 0) is 14.8 Å². The van der Waals surface area contributed by atoms with Crippen molar-refractivity contribution in [1.82, 2.24) is 19.4 Å². The monoisotopic (exact) mass is 410 g/mol. The van der Waals surface area contributed by atoms with Crippen LogP contribution in [0.15, 0.2) is 29.2 Å². The van der Waals surface area contributed by atoms with Crippen molar-refractivity contribution in [3.8, 4) is 0 Å².